The van der Waals surface area contributed by atoms with E-state index in [0.29, 0.717) is 22.7 Å². The molecule has 0 aliphatic rings. The minimum Gasteiger partial charge on any atom is -0.758 e. The molecule has 4 nitrogen and oxygen atoms in total. The number of aryl methyl sites for hydroxylation is 1. The second-order valence-corrected chi connectivity index (χ2v) is 4.23. The first-order valence-corrected chi connectivity index (χ1v) is 5.85. The van der Waals surface area contributed by atoms with E-state index in [1.54, 1.807) is 42.5 Å². The zero-order valence-electron chi connectivity index (χ0n) is 10.8. The summed E-state index contributed by atoms with van der Waals surface area (Å²) < 4.78 is 5.66. The van der Waals surface area contributed by atoms with Crippen LogP contribution in [0, 0.1) is 12.1 Å². The van der Waals surface area contributed by atoms with Gasteiger partial charge >= 0.3 is 0 Å². The molecule has 2 rings (SSSR count). The molecule has 4 heteroatoms. The summed E-state index contributed by atoms with van der Waals surface area (Å²) in [5.74, 6) is 1.30. The summed E-state index contributed by atoms with van der Waals surface area (Å²) in [5, 5.41) is 12.1. The van der Waals surface area contributed by atoms with Crippen molar-refractivity contribution in [2.45, 2.75) is 6.92 Å². The first-order valence-electron chi connectivity index (χ1n) is 5.85. The van der Waals surface area contributed by atoms with Crippen LogP contribution in [0.25, 0.3) is 0 Å². The number of rotatable bonds is 4. The molecule has 0 saturated carbocycles. The molecule has 19 heavy (non-hydrogen) atoms. The molecule has 0 unspecified atom stereocenters. The van der Waals surface area contributed by atoms with Gasteiger partial charge in [-0.2, -0.15) is 0 Å². The van der Waals surface area contributed by atoms with Crippen LogP contribution in [0.3, 0.4) is 0 Å². The number of hydroxylamine groups is 1. The van der Waals surface area contributed by atoms with Crippen LogP contribution in [0.5, 0.6) is 11.5 Å². The molecule has 0 saturated heterocycles. The van der Waals surface area contributed by atoms with Crippen molar-refractivity contribution in [2.75, 3.05) is 12.1 Å². The minimum absolute atomic E-state index is 0.604. The summed E-state index contributed by atoms with van der Waals surface area (Å²) in [4.78, 5) is 10.5. The van der Waals surface area contributed by atoms with Crippen LogP contribution in [-0.4, -0.2) is 13.3 Å². The highest BCUT2D eigenvalue weighted by molar-refractivity contribution is 5.74. The maximum absolute atomic E-state index is 11.2. The lowest BCUT2D eigenvalue weighted by Crippen LogP contribution is -2.07. The Morgan fingerprint density at radius 2 is 1.74 bits per heavy atom. The van der Waals surface area contributed by atoms with Crippen molar-refractivity contribution >= 4 is 12.0 Å². The van der Waals surface area contributed by atoms with Crippen molar-refractivity contribution < 1.29 is 9.53 Å². The van der Waals surface area contributed by atoms with Crippen molar-refractivity contribution in [1.82, 2.24) is 0 Å². The van der Waals surface area contributed by atoms with Crippen LogP contribution in [0.15, 0.2) is 42.5 Å². The van der Waals surface area contributed by atoms with Gasteiger partial charge < -0.3 is 15.0 Å². The fourth-order valence-electron chi connectivity index (χ4n) is 1.80. The van der Waals surface area contributed by atoms with Gasteiger partial charge in [0, 0.05) is 11.3 Å². The van der Waals surface area contributed by atoms with Gasteiger partial charge in [0.1, 0.15) is 17.8 Å². The van der Waals surface area contributed by atoms with E-state index in [9.17, 15) is 10.0 Å². The molecule has 2 aromatic rings. The minimum atomic E-state index is 0.604. The smallest absolute Gasteiger partial charge is 0.150 e. The Morgan fingerprint density at radius 1 is 1.11 bits per heavy atom. The van der Waals surface area contributed by atoms with Crippen molar-refractivity contribution in [3.8, 4) is 11.5 Å². The lowest BCUT2D eigenvalue weighted by Gasteiger charge is -2.26. The molecule has 0 aliphatic heterocycles. The van der Waals surface area contributed by atoms with Crippen molar-refractivity contribution in [3.63, 3.8) is 0 Å². The molecule has 0 radical (unpaired) electrons. The second kappa shape index (κ2) is 5.54. The van der Waals surface area contributed by atoms with E-state index in [0.717, 1.165) is 16.9 Å². The summed E-state index contributed by atoms with van der Waals surface area (Å²) in [6, 6.07) is 12.1. The highest BCUT2D eigenvalue weighted by atomic mass is 16.5. The van der Waals surface area contributed by atoms with Crippen molar-refractivity contribution in [2.24, 2.45) is 0 Å². The number of nitrogens with zero attached hydrogens (tertiary/aromatic N) is 1. The molecule has 0 heterocycles. The van der Waals surface area contributed by atoms with Crippen LogP contribution < -0.4 is 9.80 Å². The lowest BCUT2D eigenvalue weighted by atomic mass is 10.2. The Hall–Kier alpha value is -2.33. The zero-order chi connectivity index (χ0) is 13.8. The molecule has 0 N–H and O–H groups in total. The number of aldehydes is 1. The normalized spacial score (nSPS) is 10.1. The Kier molecular flexibility index (Phi) is 3.82. The quantitative estimate of drug-likeness (QED) is 0.620. The maximum Gasteiger partial charge on any atom is 0.150 e. The third kappa shape index (κ3) is 3.11. The van der Waals surface area contributed by atoms with Gasteiger partial charge in [0.25, 0.3) is 0 Å². The van der Waals surface area contributed by atoms with E-state index in [4.69, 9.17) is 4.74 Å². The fourth-order valence-corrected chi connectivity index (χ4v) is 1.80. The number of hydrogen-bond acceptors (Lipinski definition) is 4. The summed E-state index contributed by atoms with van der Waals surface area (Å²) in [5.41, 5.74) is 2.06. The summed E-state index contributed by atoms with van der Waals surface area (Å²) in [6.07, 6.45) is 0.785. The van der Waals surface area contributed by atoms with E-state index in [1.165, 1.54) is 7.05 Å². The zero-order valence-corrected chi connectivity index (χ0v) is 10.8. The molecule has 0 aromatic heterocycles. The van der Waals surface area contributed by atoms with Gasteiger partial charge in [0.05, 0.1) is 0 Å². The van der Waals surface area contributed by atoms with Crippen molar-refractivity contribution in [1.29, 1.82) is 0 Å². The van der Waals surface area contributed by atoms with Gasteiger partial charge in [0.2, 0.25) is 0 Å². The number of carbonyl (C=O) groups is 1. The SMILES string of the molecule is Cc1cc(Oc2ccc(C=O)cc2)ccc1N(C)[O-]. The lowest BCUT2D eigenvalue weighted by molar-refractivity contribution is 0.112. The van der Waals surface area contributed by atoms with E-state index >= 15 is 0 Å². The number of benzene rings is 2. The molecule has 0 atom stereocenters. The topological polar surface area (TPSA) is 52.6 Å². The van der Waals surface area contributed by atoms with Gasteiger partial charge in [-0.1, -0.05) is 0 Å². The molecule has 0 fully saturated rings. The van der Waals surface area contributed by atoms with Crippen LogP contribution >= 0.6 is 0 Å². The predicted octanol–water partition coefficient (Wildman–Crippen LogP) is 3.53. The number of ether oxygens (including phenoxy) is 1. The van der Waals surface area contributed by atoms with Crippen LogP contribution in [0.1, 0.15) is 15.9 Å². The Balaban J connectivity index is 2.18. The molecule has 0 bridgehead atoms. The standard InChI is InChI=1S/C15H14NO3/c1-11-9-14(7-8-15(11)16(2)18)19-13-5-3-12(10-17)4-6-13/h3-10H,1-2H3/q-1. The highest BCUT2D eigenvalue weighted by Crippen LogP contribution is 2.27. The molecule has 0 aliphatic carbocycles. The average molecular weight is 256 g/mol. The van der Waals surface area contributed by atoms with E-state index in [2.05, 4.69) is 0 Å². The van der Waals surface area contributed by atoms with E-state index in [1.807, 2.05) is 6.92 Å². The highest BCUT2D eigenvalue weighted by Gasteiger charge is 2.02. The first-order chi connectivity index (χ1) is 9.10. The Morgan fingerprint density at radius 3 is 2.26 bits per heavy atom. The monoisotopic (exact) mass is 256 g/mol. The maximum atomic E-state index is 11.2. The average Bonchev–Trinajstić information content (AvgIpc) is 2.39. The molecular weight excluding hydrogens is 242 g/mol. The van der Waals surface area contributed by atoms with E-state index < -0.39 is 0 Å². The molecule has 98 valence electrons. The third-order valence-corrected chi connectivity index (χ3v) is 2.76. The molecular formula is C15H14NO3-. The molecule has 0 spiro atoms. The fraction of sp³-hybridized carbons (Fsp3) is 0.133. The second-order valence-electron chi connectivity index (χ2n) is 4.23. The Bertz CT molecular complexity index is 576. The van der Waals surface area contributed by atoms with Gasteiger partial charge in [-0.05, 0) is 62.0 Å². The summed E-state index contributed by atoms with van der Waals surface area (Å²) >= 11 is 0. The van der Waals surface area contributed by atoms with Crippen molar-refractivity contribution in [3.05, 3.63) is 58.8 Å². The number of carbonyl (C=O) groups excluding carboxylic acids is 1. The number of hydrogen-bond donors (Lipinski definition) is 0. The van der Waals surface area contributed by atoms with E-state index in [-0.39, 0.29) is 0 Å². The van der Waals surface area contributed by atoms with Crippen LogP contribution in [0.4, 0.5) is 5.69 Å². The van der Waals surface area contributed by atoms with Gasteiger partial charge in [-0.25, -0.2) is 0 Å². The van der Waals surface area contributed by atoms with Crippen LogP contribution in [-0.2, 0) is 0 Å². The van der Waals surface area contributed by atoms with Gasteiger partial charge in [0.15, 0.2) is 0 Å². The molecule has 2 aromatic carbocycles. The summed E-state index contributed by atoms with van der Waals surface area (Å²) in [6.45, 7) is 1.85. The van der Waals surface area contributed by atoms with Gasteiger partial charge in [-0.3, -0.25) is 4.79 Å². The third-order valence-electron chi connectivity index (χ3n) is 2.76. The predicted molar refractivity (Wildman–Crippen MR) is 74.9 cm³/mol. The Labute approximate surface area is 111 Å². The summed E-state index contributed by atoms with van der Waals surface area (Å²) in [7, 11) is 1.46. The largest absolute Gasteiger partial charge is 0.758 e. The first kappa shape index (κ1) is 13.1. The van der Waals surface area contributed by atoms with Crippen LogP contribution in [0.2, 0.25) is 0 Å². The van der Waals surface area contributed by atoms with Gasteiger partial charge in [-0.15, -0.1) is 0 Å². The number of anilines is 1. The molecule has 0 amide bonds.